The molecule has 0 amide bonds. The van der Waals surface area contributed by atoms with Crippen LogP contribution in [-0.2, 0) is 32.6 Å². The van der Waals surface area contributed by atoms with Gasteiger partial charge in [0.05, 0.1) is 0 Å². The zero-order chi connectivity index (χ0) is 13.8. The molecule has 0 aromatic heterocycles. The van der Waals surface area contributed by atoms with Gasteiger partial charge in [-0.05, 0) is 0 Å². The number of aryl methyl sites for hydroxylation is 1. The second kappa shape index (κ2) is 7.52. The molecule has 0 heterocycles. The summed E-state index contributed by atoms with van der Waals surface area (Å²) in [5.41, 5.74) is 1.43. The van der Waals surface area contributed by atoms with Crippen LogP contribution in [0.25, 0.3) is 21.5 Å². The molecule has 0 aliphatic carbocycles. The standard InChI is InChI=1S/C13H9.C7H9.Zr/c1-3-7-12-10(5-1)9-11-6-2-4-8-13(11)12;1-2-7-5-3-4-6-7;/h1-9H;3-6H,2H2,1H3;/q2*-1;+2. The zero-order valence-corrected chi connectivity index (χ0v) is 14.7. The maximum absolute atomic E-state index is 2.24. The van der Waals surface area contributed by atoms with Crippen molar-refractivity contribution in [3.8, 4) is 0 Å². The van der Waals surface area contributed by atoms with Crippen LogP contribution >= 0.6 is 0 Å². The van der Waals surface area contributed by atoms with E-state index in [0.717, 1.165) is 6.42 Å². The summed E-state index contributed by atoms with van der Waals surface area (Å²) < 4.78 is 0. The maximum atomic E-state index is 2.24. The van der Waals surface area contributed by atoms with Gasteiger partial charge in [0.2, 0.25) is 0 Å². The molecule has 0 bridgehead atoms. The summed E-state index contributed by atoms with van der Waals surface area (Å²) in [6, 6.07) is 27.7. The topological polar surface area (TPSA) is 0 Å². The van der Waals surface area contributed by atoms with Gasteiger partial charge in [0, 0.05) is 0 Å². The molecular weight excluding hydrogens is 331 g/mol. The third-order valence-corrected chi connectivity index (χ3v) is 3.66. The van der Waals surface area contributed by atoms with Crippen LogP contribution in [0.2, 0.25) is 0 Å². The fourth-order valence-electron chi connectivity index (χ4n) is 2.55. The van der Waals surface area contributed by atoms with Gasteiger partial charge >= 0.3 is 26.2 Å². The first-order valence-corrected chi connectivity index (χ1v) is 7.12. The normalized spacial score (nSPS) is 9.95. The first-order chi connectivity index (χ1) is 9.88. The van der Waals surface area contributed by atoms with Gasteiger partial charge in [-0.3, -0.25) is 0 Å². The van der Waals surface area contributed by atoms with E-state index in [2.05, 4.69) is 85.8 Å². The van der Waals surface area contributed by atoms with E-state index in [-0.39, 0.29) is 26.2 Å². The van der Waals surface area contributed by atoms with Gasteiger partial charge in [0.15, 0.2) is 0 Å². The van der Waals surface area contributed by atoms with E-state index >= 15 is 0 Å². The van der Waals surface area contributed by atoms with Gasteiger partial charge in [-0.2, -0.15) is 23.8 Å². The molecular formula is C20H18Zr. The molecule has 0 atom stereocenters. The van der Waals surface area contributed by atoms with E-state index < -0.39 is 0 Å². The Kier molecular flexibility index (Phi) is 5.70. The van der Waals surface area contributed by atoms with Crippen molar-refractivity contribution in [3.63, 3.8) is 0 Å². The monoisotopic (exact) mass is 348 g/mol. The minimum atomic E-state index is 0. The van der Waals surface area contributed by atoms with Crippen LogP contribution in [0.5, 0.6) is 0 Å². The Balaban J connectivity index is 0.000000174. The number of hydrogen-bond acceptors (Lipinski definition) is 0. The van der Waals surface area contributed by atoms with Crippen LogP contribution in [0.1, 0.15) is 12.5 Å². The van der Waals surface area contributed by atoms with Gasteiger partial charge < -0.3 is 0 Å². The van der Waals surface area contributed by atoms with Crippen molar-refractivity contribution >= 4 is 21.5 Å². The maximum Gasteiger partial charge on any atom is 2.00 e. The molecule has 0 spiro atoms. The first kappa shape index (κ1) is 15.9. The van der Waals surface area contributed by atoms with Crippen molar-refractivity contribution in [1.29, 1.82) is 0 Å². The summed E-state index contributed by atoms with van der Waals surface area (Å²) in [6.07, 6.45) is 1.16. The van der Waals surface area contributed by atoms with E-state index in [4.69, 9.17) is 0 Å². The molecule has 4 aromatic carbocycles. The summed E-state index contributed by atoms with van der Waals surface area (Å²) >= 11 is 0. The average Bonchev–Trinajstić information content (AvgIpc) is 3.15. The van der Waals surface area contributed by atoms with Gasteiger partial charge in [-0.1, -0.05) is 49.7 Å². The van der Waals surface area contributed by atoms with E-state index in [1.54, 1.807) is 0 Å². The fourth-order valence-corrected chi connectivity index (χ4v) is 2.55. The molecule has 0 saturated carbocycles. The predicted octanol–water partition coefficient (Wildman–Crippen LogP) is 5.68. The molecule has 21 heavy (non-hydrogen) atoms. The average molecular weight is 350 g/mol. The third kappa shape index (κ3) is 3.60. The van der Waals surface area contributed by atoms with E-state index in [9.17, 15) is 0 Å². The Labute approximate surface area is 145 Å². The molecule has 4 aromatic rings. The van der Waals surface area contributed by atoms with Gasteiger partial charge in [0.25, 0.3) is 0 Å². The molecule has 1 heteroatoms. The molecule has 4 rings (SSSR count). The summed E-state index contributed by atoms with van der Waals surface area (Å²) in [5, 5.41) is 5.39. The van der Waals surface area contributed by atoms with E-state index in [0.29, 0.717) is 0 Å². The largest absolute Gasteiger partial charge is 2.00 e. The van der Waals surface area contributed by atoms with Crippen molar-refractivity contribution in [2.45, 2.75) is 13.3 Å². The molecule has 0 aliphatic rings. The summed E-state index contributed by atoms with van der Waals surface area (Å²) in [7, 11) is 0. The van der Waals surface area contributed by atoms with Crippen molar-refractivity contribution in [2.24, 2.45) is 0 Å². The first-order valence-electron chi connectivity index (χ1n) is 7.12. The molecule has 0 N–H and O–H groups in total. The predicted molar refractivity (Wildman–Crippen MR) is 88.5 cm³/mol. The number of fused-ring (bicyclic) bond motifs is 3. The summed E-state index contributed by atoms with van der Waals surface area (Å²) in [6.45, 7) is 2.16. The molecule has 0 aliphatic heterocycles. The van der Waals surface area contributed by atoms with Crippen LogP contribution in [0, 0.1) is 0 Å². The van der Waals surface area contributed by atoms with Crippen molar-refractivity contribution in [2.75, 3.05) is 0 Å². The SMILES string of the molecule is CCc1cc[cH-]c1.[Zr+2].c1ccc2c(c1)[cH-]c1ccccc12. The molecule has 0 fully saturated rings. The molecule has 0 nitrogen and oxygen atoms in total. The molecule has 102 valence electrons. The van der Waals surface area contributed by atoms with Crippen molar-refractivity contribution in [1.82, 2.24) is 0 Å². The van der Waals surface area contributed by atoms with Crippen LogP contribution < -0.4 is 0 Å². The van der Waals surface area contributed by atoms with Gasteiger partial charge in [-0.15, -0.1) is 39.7 Å². The van der Waals surface area contributed by atoms with Crippen LogP contribution in [0.3, 0.4) is 0 Å². The minimum Gasteiger partial charge on any atom is -0.211 e. The van der Waals surface area contributed by atoms with Gasteiger partial charge in [-0.25, -0.2) is 6.07 Å². The third-order valence-electron chi connectivity index (χ3n) is 3.66. The molecule has 0 radical (unpaired) electrons. The minimum absolute atomic E-state index is 0. The molecule has 0 unspecified atom stereocenters. The Morgan fingerprint density at radius 3 is 1.81 bits per heavy atom. The van der Waals surface area contributed by atoms with E-state index in [1.807, 2.05) is 0 Å². The van der Waals surface area contributed by atoms with Crippen molar-refractivity contribution in [3.05, 3.63) is 84.4 Å². The second-order valence-corrected chi connectivity index (χ2v) is 4.97. The summed E-state index contributed by atoms with van der Waals surface area (Å²) in [4.78, 5) is 0. The Morgan fingerprint density at radius 1 is 0.810 bits per heavy atom. The Bertz CT molecular complexity index is 741. The number of benzene rings is 2. The van der Waals surface area contributed by atoms with Crippen LogP contribution in [-0.4, -0.2) is 0 Å². The fraction of sp³-hybridized carbons (Fsp3) is 0.100. The van der Waals surface area contributed by atoms with Gasteiger partial charge in [0.1, 0.15) is 0 Å². The number of hydrogen-bond donors (Lipinski definition) is 0. The smallest absolute Gasteiger partial charge is 0.211 e. The molecule has 0 saturated heterocycles. The van der Waals surface area contributed by atoms with E-state index in [1.165, 1.54) is 27.1 Å². The van der Waals surface area contributed by atoms with Crippen molar-refractivity contribution < 1.29 is 26.2 Å². The quantitative estimate of drug-likeness (QED) is 0.388. The Hall–Kier alpha value is -1.46. The summed E-state index contributed by atoms with van der Waals surface area (Å²) in [5.74, 6) is 0. The number of rotatable bonds is 1. The van der Waals surface area contributed by atoms with Crippen LogP contribution in [0.15, 0.2) is 78.9 Å². The zero-order valence-electron chi connectivity index (χ0n) is 12.2. The Morgan fingerprint density at radius 2 is 1.38 bits per heavy atom. The van der Waals surface area contributed by atoms with Crippen LogP contribution in [0.4, 0.5) is 0 Å². The second-order valence-electron chi connectivity index (χ2n) is 4.97.